The van der Waals surface area contributed by atoms with Crippen molar-refractivity contribution in [1.82, 2.24) is 5.32 Å². The SMILES string of the molecule is C[C@H](NC1CCSCC1)c1ccccc1Br. The molecule has 16 heavy (non-hydrogen) atoms. The molecule has 1 atom stereocenters. The van der Waals surface area contributed by atoms with Gasteiger partial charge in [0.15, 0.2) is 0 Å². The Balaban J connectivity index is 1.96. The third-order valence-corrected chi connectivity index (χ3v) is 4.85. The lowest BCUT2D eigenvalue weighted by molar-refractivity contribution is 0.430. The van der Waals surface area contributed by atoms with Gasteiger partial charge in [-0.2, -0.15) is 11.8 Å². The molecule has 1 aromatic rings. The highest BCUT2D eigenvalue weighted by Gasteiger charge is 2.17. The van der Waals surface area contributed by atoms with Gasteiger partial charge < -0.3 is 5.32 Å². The molecule has 1 nitrogen and oxygen atoms in total. The first-order chi connectivity index (χ1) is 7.77. The quantitative estimate of drug-likeness (QED) is 0.905. The van der Waals surface area contributed by atoms with Crippen LogP contribution in [0.3, 0.4) is 0 Å². The predicted molar refractivity (Wildman–Crippen MR) is 76.0 cm³/mol. The molecule has 88 valence electrons. The molecule has 1 aliphatic heterocycles. The second-order valence-electron chi connectivity index (χ2n) is 4.30. The van der Waals surface area contributed by atoms with Crippen LogP contribution in [0.1, 0.15) is 31.4 Å². The maximum Gasteiger partial charge on any atom is 0.0305 e. The first-order valence-corrected chi connectivity index (χ1v) is 7.80. The average Bonchev–Trinajstić information content (AvgIpc) is 2.31. The lowest BCUT2D eigenvalue weighted by atomic mass is 10.1. The van der Waals surface area contributed by atoms with Crippen LogP contribution < -0.4 is 5.32 Å². The fourth-order valence-electron chi connectivity index (χ4n) is 2.13. The molecule has 2 rings (SSSR count). The lowest BCUT2D eigenvalue weighted by Gasteiger charge is -2.27. The van der Waals surface area contributed by atoms with Gasteiger partial charge in [-0.1, -0.05) is 34.1 Å². The van der Waals surface area contributed by atoms with Crippen LogP contribution in [0, 0.1) is 0 Å². The summed E-state index contributed by atoms with van der Waals surface area (Å²) in [4.78, 5) is 0. The van der Waals surface area contributed by atoms with Crippen molar-refractivity contribution in [2.45, 2.75) is 31.8 Å². The van der Waals surface area contributed by atoms with Gasteiger partial charge in [-0.3, -0.25) is 0 Å². The highest BCUT2D eigenvalue weighted by atomic mass is 79.9. The van der Waals surface area contributed by atoms with E-state index in [2.05, 4.69) is 64.2 Å². The van der Waals surface area contributed by atoms with Crippen molar-refractivity contribution in [3.63, 3.8) is 0 Å². The van der Waals surface area contributed by atoms with Crippen LogP contribution in [0.4, 0.5) is 0 Å². The maximum atomic E-state index is 3.73. The minimum atomic E-state index is 0.434. The van der Waals surface area contributed by atoms with E-state index in [1.807, 2.05) is 0 Å². The number of thioether (sulfide) groups is 1. The summed E-state index contributed by atoms with van der Waals surface area (Å²) in [6.45, 7) is 2.25. The fourth-order valence-corrected chi connectivity index (χ4v) is 3.87. The molecule has 1 aromatic carbocycles. The molecule has 0 unspecified atom stereocenters. The highest BCUT2D eigenvalue weighted by molar-refractivity contribution is 9.10. The Labute approximate surface area is 111 Å². The number of benzene rings is 1. The summed E-state index contributed by atoms with van der Waals surface area (Å²) in [5.41, 5.74) is 1.36. The second kappa shape index (κ2) is 6.08. The summed E-state index contributed by atoms with van der Waals surface area (Å²) in [7, 11) is 0. The van der Waals surface area contributed by atoms with E-state index < -0.39 is 0 Å². The standard InChI is InChI=1S/C13H18BrNS/c1-10(12-4-2-3-5-13(12)14)15-11-6-8-16-9-7-11/h2-5,10-11,15H,6-9H2,1H3/t10-/m0/s1. The Bertz CT molecular complexity index is 336. The summed E-state index contributed by atoms with van der Waals surface area (Å²) in [5, 5.41) is 3.73. The summed E-state index contributed by atoms with van der Waals surface area (Å²) < 4.78 is 1.21. The van der Waals surface area contributed by atoms with Crippen molar-refractivity contribution in [2.75, 3.05) is 11.5 Å². The van der Waals surface area contributed by atoms with E-state index in [4.69, 9.17) is 0 Å². The molecule has 3 heteroatoms. The molecule has 0 bridgehead atoms. The van der Waals surface area contributed by atoms with Crippen molar-refractivity contribution in [3.8, 4) is 0 Å². The zero-order valence-corrected chi connectivity index (χ0v) is 12.0. The van der Waals surface area contributed by atoms with Crippen molar-refractivity contribution < 1.29 is 0 Å². The van der Waals surface area contributed by atoms with Gasteiger partial charge in [-0.05, 0) is 42.9 Å². The highest BCUT2D eigenvalue weighted by Crippen LogP contribution is 2.25. The van der Waals surface area contributed by atoms with E-state index >= 15 is 0 Å². The molecule has 0 aromatic heterocycles. The number of halogens is 1. The van der Waals surface area contributed by atoms with Crippen molar-refractivity contribution in [1.29, 1.82) is 0 Å². The molecule has 1 heterocycles. The van der Waals surface area contributed by atoms with Gasteiger partial charge >= 0.3 is 0 Å². The van der Waals surface area contributed by atoms with Gasteiger partial charge in [0, 0.05) is 16.6 Å². The van der Waals surface area contributed by atoms with Crippen molar-refractivity contribution >= 4 is 27.7 Å². The Morgan fingerprint density at radius 1 is 1.31 bits per heavy atom. The number of hydrogen-bond donors (Lipinski definition) is 1. The van der Waals surface area contributed by atoms with Crippen LogP contribution in [0.15, 0.2) is 28.7 Å². The lowest BCUT2D eigenvalue weighted by Crippen LogP contribution is -2.34. The second-order valence-corrected chi connectivity index (χ2v) is 6.38. The number of rotatable bonds is 3. The number of hydrogen-bond acceptors (Lipinski definition) is 2. The van der Waals surface area contributed by atoms with Gasteiger partial charge in [-0.25, -0.2) is 0 Å². The van der Waals surface area contributed by atoms with Gasteiger partial charge in [0.25, 0.3) is 0 Å². The smallest absolute Gasteiger partial charge is 0.0305 e. The van der Waals surface area contributed by atoms with E-state index in [1.54, 1.807) is 0 Å². The largest absolute Gasteiger partial charge is 0.307 e. The summed E-state index contributed by atoms with van der Waals surface area (Å²) in [6.07, 6.45) is 2.61. The molecule has 0 radical (unpaired) electrons. The Morgan fingerprint density at radius 3 is 2.69 bits per heavy atom. The molecule has 0 saturated carbocycles. The molecule has 1 saturated heterocycles. The summed E-state index contributed by atoms with van der Waals surface area (Å²) in [6, 6.07) is 9.61. The van der Waals surface area contributed by atoms with Crippen LogP contribution in [0.5, 0.6) is 0 Å². The van der Waals surface area contributed by atoms with Gasteiger partial charge in [-0.15, -0.1) is 0 Å². The average molecular weight is 300 g/mol. The Hall–Kier alpha value is 0.01000. The van der Waals surface area contributed by atoms with E-state index in [1.165, 1.54) is 34.4 Å². The minimum Gasteiger partial charge on any atom is -0.307 e. The molecule has 0 aliphatic carbocycles. The molecule has 1 N–H and O–H groups in total. The first kappa shape index (κ1) is 12.5. The molecule has 0 amide bonds. The normalized spacial score (nSPS) is 19.6. The van der Waals surface area contributed by atoms with Crippen LogP contribution in [0.25, 0.3) is 0 Å². The molecule has 0 spiro atoms. The van der Waals surface area contributed by atoms with Crippen molar-refractivity contribution in [3.05, 3.63) is 34.3 Å². The number of nitrogens with one attached hydrogen (secondary N) is 1. The predicted octanol–water partition coefficient (Wildman–Crippen LogP) is 4.00. The van der Waals surface area contributed by atoms with Crippen molar-refractivity contribution in [2.24, 2.45) is 0 Å². The van der Waals surface area contributed by atoms with Crippen LogP contribution in [0.2, 0.25) is 0 Å². The van der Waals surface area contributed by atoms with E-state index in [-0.39, 0.29) is 0 Å². The maximum absolute atomic E-state index is 3.73. The molecule has 1 aliphatic rings. The zero-order chi connectivity index (χ0) is 11.4. The van der Waals surface area contributed by atoms with E-state index in [0.29, 0.717) is 12.1 Å². The summed E-state index contributed by atoms with van der Waals surface area (Å²) >= 11 is 5.69. The third kappa shape index (κ3) is 3.25. The summed E-state index contributed by atoms with van der Waals surface area (Å²) in [5.74, 6) is 2.61. The molecular formula is C13H18BrNS. The van der Waals surface area contributed by atoms with Gasteiger partial charge in [0.05, 0.1) is 0 Å². The third-order valence-electron chi connectivity index (χ3n) is 3.08. The Kier molecular flexibility index (Phi) is 4.74. The van der Waals surface area contributed by atoms with Gasteiger partial charge in [0.2, 0.25) is 0 Å². The van der Waals surface area contributed by atoms with Crippen LogP contribution in [-0.2, 0) is 0 Å². The first-order valence-electron chi connectivity index (χ1n) is 5.85. The Morgan fingerprint density at radius 2 is 2.00 bits per heavy atom. The monoisotopic (exact) mass is 299 g/mol. The molecular weight excluding hydrogens is 282 g/mol. The minimum absolute atomic E-state index is 0.434. The topological polar surface area (TPSA) is 12.0 Å². The van der Waals surface area contributed by atoms with Crippen LogP contribution in [-0.4, -0.2) is 17.5 Å². The van der Waals surface area contributed by atoms with Gasteiger partial charge in [0.1, 0.15) is 0 Å². The fraction of sp³-hybridized carbons (Fsp3) is 0.538. The molecule has 1 fully saturated rings. The van der Waals surface area contributed by atoms with E-state index in [0.717, 1.165) is 0 Å². The van der Waals surface area contributed by atoms with E-state index in [9.17, 15) is 0 Å². The zero-order valence-electron chi connectivity index (χ0n) is 9.58. The van der Waals surface area contributed by atoms with Crippen LogP contribution >= 0.6 is 27.7 Å².